The van der Waals surface area contributed by atoms with Gasteiger partial charge in [0.25, 0.3) is 0 Å². The number of rotatable bonds is 6. The molecule has 1 heterocycles. The van der Waals surface area contributed by atoms with Crippen molar-refractivity contribution in [2.75, 3.05) is 20.1 Å². The van der Waals surface area contributed by atoms with E-state index in [-0.39, 0.29) is 5.78 Å². The van der Waals surface area contributed by atoms with Gasteiger partial charge < -0.3 is 4.90 Å². The molecule has 0 spiro atoms. The molecule has 0 unspecified atom stereocenters. The number of nitrogens with zero attached hydrogens (tertiary/aromatic N) is 1. The van der Waals surface area contributed by atoms with Crippen molar-refractivity contribution in [3.63, 3.8) is 0 Å². The molecule has 1 aromatic rings. The van der Waals surface area contributed by atoms with Gasteiger partial charge in [-0.1, -0.05) is 26.8 Å². The van der Waals surface area contributed by atoms with Crippen molar-refractivity contribution in [2.45, 2.75) is 33.6 Å². The molecule has 2 nitrogen and oxygen atoms in total. The fourth-order valence-corrected chi connectivity index (χ4v) is 2.65. The molecule has 0 saturated carbocycles. The van der Waals surface area contributed by atoms with Crippen molar-refractivity contribution in [2.24, 2.45) is 5.41 Å². The summed E-state index contributed by atoms with van der Waals surface area (Å²) in [6.07, 6.45) is 1.61. The van der Waals surface area contributed by atoms with Crippen LogP contribution in [0, 0.1) is 5.41 Å². The van der Waals surface area contributed by atoms with Crippen molar-refractivity contribution in [1.29, 1.82) is 0 Å². The van der Waals surface area contributed by atoms with Crippen LogP contribution in [0.1, 0.15) is 43.3 Å². The number of hydrogen-bond donors (Lipinski definition) is 0. The molecule has 0 N–H and O–H groups in total. The first kappa shape index (κ1) is 14.4. The Morgan fingerprint density at radius 2 is 2.12 bits per heavy atom. The zero-order valence-corrected chi connectivity index (χ0v) is 12.1. The van der Waals surface area contributed by atoms with Gasteiger partial charge in [-0.05, 0) is 36.9 Å². The Balaban J connectivity index is 2.22. The lowest BCUT2D eigenvalue weighted by molar-refractivity contribution is 0.0978. The van der Waals surface area contributed by atoms with E-state index < -0.39 is 0 Å². The highest BCUT2D eigenvalue weighted by Crippen LogP contribution is 2.15. The lowest BCUT2D eigenvalue weighted by Crippen LogP contribution is -2.30. The van der Waals surface area contributed by atoms with Gasteiger partial charge in [0.1, 0.15) is 0 Å². The van der Waals surface area contributed by atoms with E-state index in [9.17, 15) is 4.79 Å². The highest BCUT2D eigenvalue weighted by atomic mass is 32.1. The van der Waals surface area contributed by atoms with Crippen LogP contribution in [-0.4, -0.2) is 30.8 Å². The summed E-state index contributed by atoms with van der Waals surface area (Å²) in [5, 5.41) is 1.96. The molecule has 0 bridgehead atoms. The van der Waals surface area contributed by atoms with Crippen molar-refractivity contribution >= 4 is 17.1 Å². The summed E-state index contributed by atoms with van der Waals surface area (Å²) < 4.78 is 0. The molecule has 0 aliphatic rings. The molecular weight excluding hydrogens is 230 g/mol. The quantitative estimate of drug-likeness (QED) is 0.721. The Bertz CT molecular complexity index is 338. The summed E-state index contributed by atoms with van der Waals surface area (Å²) in [5.74, 6) is 0.282. The smallest absolute Gasteiger partial charge is 0.172 e. The lowest BCUT2D eigenvalue weighted by Gasteiger charge is -2.26. The molecule has 0 atom stereocenters. The summed E-state index contributed by atoms with van der Waals surface area (Å²) >= 11 is 1.54. The van der Waals surface area contributed by atoms with Gasteiger partial charge in [-0.3, -0.25) is 4.79 Å². The van der Waals surface area contributed by atoms with Gasteiger partial charge in [0.05, 0.1) is 4.88 Å². The fraction of sp³-hybridized carbons (Fsp3) is 0.643. The van der Waals surface area contributed by atoms with E-state index in [1.165, 1.54) is 11.3 Å². The lowest BCUT2D eigenvalue weighted by atomic mass is 9.96. The predicted octanol–water partition coefficient (Wildman–Crippen LogP) is 3.69. The Morgan fingerprint density at radius 1 is 1.41 bits per heavy atom. The SMILES string of the molecule is CN(CCCC(=O)c1cccs1)CC(C)(C)C. The minimum absolute atomic E-state index is 0.282. The number of thiophene rings is 1. The number of carbonyl (C=O) groups is 1. The molecule has 96 valence electrons. The largest absolute Gasteiger partial charge is 0.306 e. The normalized spacial score (nSPS) is 12.1. The Labute approximate surface area is 109 Å². The highest BCUT2D eigenvalue weighted by Gasteiger charge is 2.13. The maximum atomic E-state index is 11.8. The van der Waals surface area contributed by atoms with Gasteiger partial charge in [0, 0.05) is 13.0 Å². The first-order chi connectivity index (χ1) is 7.88. The van der Waals surface area contributed by atoms with Crippen LogP contribution in [0.25, 0.3) is 0 Å². The van der Waals surface area contributed by atoms with Crippen LogP contribution < -0.4 is 0 Å². The van der Waals surface area contributed by atoms with Crippen LogP contribution in [-0.2, 0) is 0 Å². The van der Waals surface area contributed by atoms with E-state index in [1.807, 2.05) is 17.5 Å². The third-order valence-electron chi connectivity index (χ3n) is 2.48. The number of carbonyl (C=O) groups excluding carboxylic acids is 1. The highest BCUT2D eigenvalue weighted by molar-refractivity contribution is 7.12. The minimum atomic E-state index is 0.282. The Morgan fingerprint density at radius 3 is 2.65 bits per heavy atom. The van der Waals surface area contributed by atoms with Gasteiger partial charge in [-0.2, -0.15) is 0 Å². The Hall–Kier alpha value is -0.670. The van der Waals surface area contributed by atoms with Crippen LogP contribution >= 0.6 is 11.3 Å². The van der Waals surface area contributed by atoms with Crippen molar-refractivity contribution in [3.8, 4) is 0 Å². The summed E-state index contributed by atoms with van der Waals surface area (Å²) in [6, 6.07) is 3.84. The summed E-state index contributed by atoms with van der Waals surface area (Å²) in [6.45, 7) is 8.77. The summed E-state index contributed by atoms with van der Waals surface area (Å²) in [7, 11) is 2.13. The topological polar surface area (TPSA) is 20.3 Å². The maximum absolute atomic E-state index is 11.8. The van der Waals surface area contributed by atoms with Crippen LogP contribution in [0.2, 0.25) is 0 Å². The van der Waals surface area contributed by atoms with Gasteiger partial charge in [0.15, 0.2) is 5.78 Å². The van der Waals surface area contributed by atoms with E-state index in [4.69, 9.17) is 0 Å². The summed E-state index contributed by atoms with van der Waals surface area (Å²) in [5.41, 5.74) is 0.326. The molecule has 0 amide bonds. The molecule has 1 aromatic heterocycles. The molecule has 3 heteroatoms. The van der Waals surface area contributed by atoms with Crippen LogP contribution in [0.15, 0.2) is 17.5 Å². The van der Waals surface area contributed by atoms with E-state index in [0.717, 1.165) is 24.4 Å². The number of ketones is 1. The van der Waals surface area contributed by atoms with E-state index in [1.54, 1.807) is 0 Å². The van der Waals surface area contributed by atoms with Crippen LogP contribution in [0.3, 0.4) is 0 Å². The second-order valence-corrected chi connectivity index (χ2v) is 6.75. The van der Waals surface area contributed by atoms with Gasteiger partial charge in [-0.25, -0.2) is 0 Å². The van der Waals surface area contributed by atoms with Crippen molar-refractivity contribution < 1.29 is 4.79 Å². The number of hydrogen-bond acceptors (Lipinski definition) is 3. The average Bonchev–Trinajstić information content (AvgIpc) is 2.66. The minimum Gasteiger partial charge on any atom is -0.306 e. The van der Waals surface area contributed by atoms with E-state index >= 15 is 0 Å². The molecule has 0 saturated heterocycles. The molecule has 1 rings (SSSR count). The van der Waals surface area contributed by atoms with Crippen molar-refractivity contribution in [3.05, 3.63) is 22.4 Å². The molecule has 17 heavy (non-hydrogen) atoms. The third kappa shape index (κ3) is 5.99. The Kier molecular flexibility index (Phi) is 5.34. The van der Waals surface area contributed by atoms with E-state index in [0.29, 0.717) is 11.8 Å². The standard InChI is InChI=1S/C14H23NOS/c1-14(2,3)11-15(4)9-5-7-12(16)13-8-6-10-17-13/h6,8,10H,5,7,9,11H2,1-4H3. The molecule has 0 fully saturated rings. The fourth-order valence-electron chi connectivity index (χ4n) is 1.96. The first-order valence-electron chi connectivity index (χ1n) is 6.14. The third-order valence-corrected chi connectivity index (χ3v) is 3.39. The van der Waals surface area contributed by atoms with Gasteiger partial charge in [-0.15, -0.1) is 11.3 Å². The molecule has 0 radical (unpaired) electrons. The average molecular weight is 253 g/mol. The molecule has 0 aliphatic carbocycles. The zero-order valence-electron chi connectivity index (χ0n) is 11.3. The zero-order chi connectivity index (χ0) is 12.9. The molecule has 0 aliphatic heterocycles. The number of Topliss-reactive ketones (excluding diaryl/α,β-unsaturated/α-hetero) is 1. The molecular formula is C14H23NOS. The second kappa shape index (κ2) is 6.31. The summed E-state index contributed by atoms with van der Waals surface area (Å²) in [4.78, 5) is 15.0. The van der Waals surface area contributed by atoms with Gasteiger partial charge in [0.2, 0.25) is 0 Å². The monoisotopic (exact) mass is 253 g/mol. The van der Waals surface area contributed by atoms with Crippen LogP contribution in [0.4, 0.5) is 0 Å². The van der Waals surface area contributed by atoms with E-state index in [2.05, 4.69) is 32.7 Å². The van der Waals surface area contributed by atoms with Crippen molar-refractivity contribution in [1.82, 2.24) is 4.90 Å². The maximum Gasteiger partial charge on any atom is 0.172 e. The van der Waals surface area contributed by atoms with Crippen LogP contribution in [0.5, 0.6) is 0 Å². The predicted molar refractivity (Wildman–Crippen MR) is 74.8 cm³/mol. The first-order valence-corrected chi connectivity index (χ1v) is 7.02. The van der Waals surface area contributed by atoms with Gasteiger partial charge >= 0.3 is 0 Å². The molecule has 0 aromatic carbocycles. The second-order valence-electron chi connectivity index (χ2n) is 5.80.